The van der Waals surface area contributed by atoms with Crippen LogP contribution >= 0.6 is 11.6 Å². The van der Waals surface area contributed by atoms with Crippen molar-refractivity contribution in [2.75, 3.05) is 31.6 Å². The van der Waals surface area contributed by atoms with Crippen molar-refractivity contribution in [3.8, 4) is 0 Å². The van der Waals surface area contributed by atoms with E-state index in [1.165, 1.54) is 0 Å². The monoisotopic (exact) mass is 348 g/mol. The molecule has 2 aromatic rings. The summed E-state index contributed by atoms with van der Waals surface area (Å²) in [6, 6.07) is 9.66. The predicted molar refractivity (Wildman–Crippen MR) is 93.3 cm³/mol. The molecule has 1 aliphatic rings. The number of halogens is 1. The number of nitrogens with one attached hydrogen (secondary N) is 1. The molecule has 24 heavy (non-hydrogen) atoms. The zero-order chi connectivity index (χ0) is 16.9. The van der Waals surface area contributed by atoms with Crippen molar-refractivity contribution in [1.29, 1.82) is 0 Å². The Hall–Kier alpha value is -1.89. The van der Waals surface area contributed by atoms with Gasteiger partial charge in [0.25, 0.3) is 0 Å². The average molecular weight is 349 g/mol. The molecule has 0 aliphatic carbocycles. The lowest BCUT2D eigenvalue weighted by Crippen LogP contribution is -2.47. The first-order valence-electron chi connectivity index (χ1n) is 8.00. The van der Waals surface area contributed by atoms with Crippen molar-refractivity contribution in [3.05, 3.63) is 47.1 Å². The Balaban J connectivity index is 1.61. The summed E-state index contributed by atoms with van der Waals surface area (Å²) in [7, 11) is 0. The van der Waals surface area contributed by atoms with Gasteiger partial charge in [0.15, 0.2) is 0 Å². The van der Waals surface area contributed by atoms with Crippen molar-refractivity contribution < 1.29 is 9.53 Å². The number of amides is 1. The molecule has 0 unspecified atom stereocenters. The van der Waals surface area contributed by atoms with E-state index >= 15 is 0 Å². The van der Waals surface area contributed by atoms with E-state index in [9.17, 15) is 4.79 Å². The molecule has 0 radical (unpaired) electrons. The standard InChI is InChI=1S/C17H21ClN4O2/c1-13-12-24-8-7-21(13)11-17(23)20-16-5-6-19-22(16)10-14-3-2-4-15(18)9-14/h2-6,9,13H,7-8,10-12H2,1H3,(H,20,23)/t13-/m1/s1. The molecule has 0 spiro atoms. The minimum Gasteiger partial charge on any atom is -0.379 e. The molecular weight excluding hydrogens is 328 g/mol. The molecule has 0 bridgehead atoms. The molecule has 1 fully saturated rings. The van der Waals surface area contributed by atoms with Crippen LogP contribution in [0.3, 0.4) is 0 Å². The Kier molecular flexibility index (Phi) is 5.50. The largest absolute Gasteiger partial charge is 0.379 e. The number of nitrogens with zero attached hydrogens (tertiary/aromatic N) is 3. The van der Waals surface area contributed by atoms with E-state index < -0.39 is 0 Å². The molecular formula is C17H21ClN4O2. The summed E-state index contributed by atoms with van der Waals surface area (Å²) in [6.07, 6.45) is 1.68. The summed E-state index contributed by atoms with van der Waals surface area (Å²) in [4.78, 5) is 14.4. The third-order valence-corrected chi connectivity index (χ3v) is 4.29. The van der Waals surface area contributed by atoms with Gasteiger partial charge in [-0.3, -0.25) is 9.69 Å². The molecule has 128 valence electrons. The minimum atomic E-state index is -0.0448. The van der Waals surface area contributed by atoms with Gasteiger partial charge in [0.05, 0.1) is 32.5 Å². The van der Waals surface area contributed by atoms with E-state index in [0.717, 1.165) is 12.1 Å². The van der Waals surface area contributed by atoms with Crippen molar-refractivity contribution in [3.63, 3.8) is 0 Å². The van der Waals surface area contributed by atoms with Crippen LogP contribution in [-0.4, -0.2) is 52.9 Å². The van der Waals surface area contributed by atoms with E-state index in [1.807, 2.05) is 24.3 Å². The number of carbonyl (C=O) groups excluding carboxylic acids is 1. The number of ether oxygens (including phenoxy) is 1. The first-order valence-corrected chi connectivity index (χ1v) is 8.37. The first kappa shape index (κ1) is 17.0. The number of rotatable bonds is 5. The molecule has 6 nitrogen and oxygen atoms in total. The Labute approximate surface area is 146 Å². The average Bonchev–Trinajstić information content (AvgIpc) is 2.96. The van der Waals surface area contributed by atoms with Crippen LogP contribution in [0.5, 0.6) is 0 Å². The van der Waals surface area contributed by atoms with Crippen LogP contribution < -0.4 is 5.32 Å². The van der Waals surface area contributed by atoms with E-state index in [4.69, 9.17) is 16.3 Å². The Morgan fingerprint density at radius 3 is 3.12 bits per heavy atom. The summed E-state index contributed by atoms with van der Waals surface area (Å²) in [5.41, 5.74) is 1.03. The molecule has 1 atom stereocenters. The fourth-order valence-electron chi connectivity index (χ4n) is 2.74. The number of hydrogen-bond acceptors (Lipinski definition) is 4. The predicted octanol–water partition coefficient (Wildman–Crippen LogP) is 2.24. The number of morpholine rings is 1. The molecule has 7 heteroatoms. The minimum absolute atomic E-state index is 0.0448. The molecule has 1 N–H and O–H groups in total. The van der Waals surface area contributed by atoms with E-state index in [2.05, 4.69) is 22.2 Å². The number of aromatic nitrogens is 2. The van der Waals surface area contributed by atoms with Gasteiger partial charge in [-0.05, 0) is 24.6 Å². The highest BCUT2D eigenvalue weighted by molar-refractivity contribution is 6.30. The third kappa shape index (κ3) is 4.35. The molecule has 3 rings (SSSR count). The van der Waals surface area contributed by atoms with Crippen molar-refractivity contribution in [1.82, 2.24) is 14.7 Å². The van der Waals surface area contributed by atoms with Gasteiger partial charge in [-0.15, -0.1) is 0 Å². The lowest BCUT2D eigenvalue weighted by molar-refractivity contribution is -0.119. The Bertz CT molecular complexity index is 703. The number of carbonyl (C=O) groups is 1. The van der Waals surface area contributed by atoms with Crippen LogP contribution in [0.15, 0.2) is 36.5 Å². The zero-order valence-corrected chi connectivity index (χ0v) is 14.4. The molecule has 1 saturated heterocycles. The maximum Gasteiger partial charge on any atom is 0.239 e. The van der Waals surface area contributed by atoms with Crippen molar-refractivity contribution in [2.45, 2.75) is 19.5 Å². The van der Waals surface area contributed by atoms with Gasteiger partial charge in [0, 0.05) is 23.7 Å². The highest BCUT2D eigenvalue weighted by Gasteiger charge is 2.21. The van der Waals surface area contributed by atoms with E-state index in [0.29, 0.717) is 37.1 Å². The third-order valence-electron chi connectivity index (χ3n) is 4.06. The van der Waals surface area contributed by atoms with Crippen LogP contribution in [0.25, 0.3) is 0 Å². The van der Waals surface area contributed by atoms with Crippen LogP contribution in [0.4, 0.5) is 5.82 Å². The second-order valence-corrected chi connectivity index (χ2v) is 6.38. The Morgan fingerprint density at radius 2 is 2.33 bits per heavy atom. The highest BCUT2D eigenvalue weighted by Crippen LogP contribution is 2.15. The maximum absolute atomic E-state index is 12.3. The highest BCUT2D eigenvalue weighted by atomic mass is 35.5. The van der Waals surface area contributed by atoms with Crippen LogP contribution in [0, 0.1) is 0 Å². The summed E-state index contributed by atoms with van der Waals surface area (Å²) >= 11 is 6.02. The SMILES string of the molecule is C[C@@H]1COCCN1CC(=O)Nc1ccnn1Cc1cccc(Cl)c1. The van der Waals surface area contributed by atoms with E-state index in [-0.39, 0.29) is 11.9 Å². The lowest BCUT2D eigenvalue weighted by Gasteiger charge is -2.32. The van der Waals surface area contributed by atoms with Gasteiger partial charge in [0.1, 0.15) is 5.82 Å². The lowest BCUT2D eigenvalue weighted by atomic mass is 10.2. The molecule has 1 aromatic carbocycles. The fraction of sp³-hybridized carbons (Fsp3) is 0.412. The smallest absolute Gasteiger partial charge is 0.239 e. The maximum atomic E-state index is 12.3. The van der Waals surface area contributed by atoms with Gasteiger partial charge in [-0.2, -0.15) is 5.10 Å². The Morgan fingerprint density at radius 1 is 1.46 bits per heavy atom. The molecule has 0 saturated carbocycles. The second-order valence-electron chi connectivity index (χ2n) is 5.95. The van der Waals surface area contributed by atoms with Crippen LogP contribution in [0.2, 0.25) is 5.02 Å². The first-order chi connectivity index (χ1) is 11.6. The van der Waals surface area contributed by atoms with Gasteiger partial charge in [-0.1, -0.05) is 23.7 Å². The van der Waals surface area contributed by atoms with Crippen LogP contribution in [0.1, 0.15) is 12.5 Å². The van der Waals surface area contributed by atoms with Crippen molar-refractivity contribution >= 4 is 23.3 Å². The number of hydrogen-bond donors (Lipinski definition) is 1. The topological polar surface area (TPSA) is 59.4 Å². The van der Waals surface area contributed by atoms with Gasteiger partial charge < -0.3 is 10.1 Å². The summed E-state index contributed by atoms with van der Waals surface area (Å²) in [5, 5.41) is 7.91. The summed E-state index contributed by atoms with van der Waals surface area (Å²) < 4.78 is 7.15. The van der Waals surface area contributed by atoms with E-state index in [1.54, 1.807) is 16.9 Å². The molecule has 1 aliphatic heterocycles. The fourth-order valence-corrected chi connectivity index (χ4v) is 2.95. The molecule has 1 amide bonds. The van der Waals surface area contributed by atoms with Gasteiger partial charge in [-0.25, -0.2) is 4.68 Å². The number of anilines is 1. The van der Waals surface area contributed by atoms with Gasteiger partial charge >= 0.3 is 0 Å². The quantitative estimate of drug-likeness (QED) is 0.900. The molecule has 2 heterocycles. The number of benzene rings is 1. The van der Waals surface area contributed by atoms with Crippen LogP contribution in [-0.2, 0) is 16.1 Å². The van der Waals surface area contributed by atoms with Gasteiger partial charge in [0.2, 0.25) is 5.91 Å². The summed E-state index contributed by atoms with van der Waals surface area (Å²) in [6.45, 7) is 5.08. The zero-order valence-electron chi connectivity index (χ0n) is 13.6. The normalized spacial score (nSPS) is 18.5. The second kappa shape index (κ2) is 7.79. The van der Waals surface area contributed by atoms with Crippen molar-refractivity contribution in [2.24, 2.45) is 0 Å². The summed E-state index contributed by atoms with van der Waals surface area (Å²) in [5.74, 6) is 0.637. The molecule has 1 aromatic heterocycles.